The Morgan fingerprint density at radius 1 is 1.17 bits per heavy atom. The summed E-state index contributed by atoms with van der Waals surface area (Å²) in [4.78, 5) is 12.6. The van der Waals surface area contributed by atoms with Crippen molar-refractivity contribution in [2.45, 2.75) is 26.2 Å². The Morgan fingerprint density at radius 3 is 2.58 bits per heavy atom. The molecule has 2 aromatic rings. The number of azo groups is 1. The van der Waals surface area contributed by atoms with Crippen molar-refractivity contribution >= 4 is 23.3 Å². The second-order valence-corrected chi connectivity index (χ2v) is 5.92. The minimum absolute atomic E-state index is 0.169. The van der Waals surface area contributed by atoms with E-state index >= 15 is 0 Å². The molecule has 6 heteroatoms. The second-order valence-electron chi connectivity index (χ2n) is 5.92. The second kappa shape index (κ2) is 6.78. The van der Waals surface area contributed by atoms with Gasteiger partial charge in [-0.15, -0.1) is 5.11 Å². The van der Waals surface area contributed by atoms with E-state index in [-0.39, 0.29) is 11.4 Å². The van der Waals surface area contributed by atoms with E-state index in [0.29, 0.717) is 22.6 Å². The summed E-state index contributed by atoms with van der Waals surface area (Å²) >= 11 is 0. The lowest BCUT2D eigenvalue weighted by Gasteiger charge is -2.13. The van der Waals surface area contributed by atoms with Crippen LogP contribution in [0.1, 0.15) is 24.8 Å². The molecule has 1 N–H and O–H groups in total. The van der Waals surface area contributed by atoms with Crippen LogP contribution in [0.5, 0.6) is 5.88 Å². The summed E-state index contributed by atoms with van der Waals surface area (Å²) in [6.07, 6.45) is 5.17. The van der Waals surface area contributed by atoms with Crippen molar-refractivity contribution in [3.8, 4) is 5.88 Å². The van der Waals surface area contributed by atoms with E-state index in [2.05, 4.69) is 10.2 Å². The molecule has 0 amide bonds. The van der Waals surface area contributed by atoms with Crippen LogP contribution in [0.2, 0.25) is 0 Å². The molecule has 0 unspecified atom stereocenters. The molecule has 0 bridgehead atoms. The van der Waals surface area contributed by atoms with E-state index in [0.717, 1.165) is 25.8 Å². The van der Waals surface area contributed by atoms with Crippen molar-refractivity contribution in [1.29, 1.82) is 0 Å². The van der Waals surface area contributed by atoms with Crippen molar-refractivity contribution in [1.82, 2.24) is 4.57 Å². The topological polar surface area (TPSA) is 70.0 Å². The summed E-state index contributed by atoms with van der Waals surface area (Å²) in [5.41, 5.74) is 2.01. The molecule has 0 atom stereocenters. The molecule has 0 saturated heterocycles. The monoisotopic (exact) mass is 325 g/mol. The minimum Gasteiger partial charge on any atom is -0.493 e. The standard InChI is InChI=1S/C18H20N4O2/c1-13-15(20-19-14-9-5-3-6-10-14)17(23)21(2)18(24)16(13)22-11-7-4-8-12-22/h3,5-6,9-11H,4,7-8,12H2,1-2H3/p+1. The zero-order chi connectivity index (χ0) is 17.1. The van der Waals surface area contributed by atoms with E-state index in [1.54, 1.807) is 14.0 Å². The van der Waals surface area contributed by atoms with Crippen LogP contribution >= 0.6 is 0 Å². The predicted molar refractivity (Wildman–Crippen MR) is 93.4 cm³/mol. The van der Waals surface area contributed by atoms with Gasteiger partial charge in [0, 0.05) is 19.9 Å². The summed E-state index contributed by atoms with van der Waals surface area (Å²) in [7, 11) is 1.55. The van der Waals surface area contributed by atoms with Crippen LogP contribution in [0.25, 0.3) is 0 Å². The highest BCUT2D eigenvalue weighted by atomic mass is 16.3. The Morgan fingerprint density at radius 2 is 1.92 bits per heavy atom. The molecule has 0 aliphatic carbocycles. The van der Waals surface area contributed by atoms with Gasteiger partial charge in [-0.3, -0.25) is 9.36 Å². The quantitative estimate of drug-likeness (QED) is 0.690. The van der Waals surface area contributed by atoms with Gasteiger partial charge >= 0.3 is 5.56 Å². The number of aromatic hydroxyl groups is 1. The Bertz CT molecular complexity index is 867. The average molecular weight is 325 g/mol. The molecule has 0 fully saturated rings. The van der Waals surface area contributed by atoms with Crippen LogP contribution in [0.4, 0.5) is 17.1 Å². The number of hydrogen-bond acceptors (Lipinski definition) is 4. The first-order valence-corrected chi connectivity index (χ1v) is 8.09. The zero-order valence-electron chi connectivity index (χ0n) is 13.9. The van der Waals surface area contributed by atoms with Gasteiger partial charge in [-0.1, -0.05) is 18.2 Å². The fourth-order valence-corrected chi connectivity index (χ4v) is 2.88. The van der Waals surface area contributed by atoms with Crippen LogP contribution in [0.3, 0.4) is 0 Å². The first-order valence-electron chi connectivity index (χ1n) is 8.09. The molecular formula is C18H21N4O2+. The third-order valence-electron chi connectivity index (χ3n) is 4.26. The third kappa shape index (κ3) is 2.99. The first-order chi connectivity index (χ1) is 11.6. The molecule has 1 aliphatic heterocycles. The summed E-state index contributed by atoms with van der Waals surface area (Å²) in [5.74, 6) is -0.169. The van der Waals surface area contributed by atoms with Crippen molar-refractivity contribution in [2.24, 2.45) is 17.3 Å². The maximum absolute atomic E-state index is 12.6. The van der Waals surface area contributed by atoms with Crippen LogP contribution in [0.15, 0.2) is 45.4 Å². The molecule has 0 spiro atoms. The highest BCUT2D eigenvalue weighted by molar-refractivity contribution is 5.63. The lowest BCUT2D eigenvalue weighted by molar-refractivity contribution is -0.443. The molecular weight excluding hydrogens is 304 g/mol. The Hall–Kier alpha value is -2.76. The maximum Gasteiger partial charge on any atom is 0.325 e. The maximum atomic E-state index is 12.6. The van der Waals surface area contributed by atoms with Crippen LogP contribution in [0, 0.1) is 6.92 Å². The van der Waals surface area contributed by atoms with E-state index in [1.807, 2.05) is 41.1 Å². The van der Waals surface area contributed by atoms with Gasteiger partial charge in [0.25, 0.3) is 5.69 Å². The molecule has 6 nitrogen and oxygen atoms in total. The Labute approximate surface area is 140 Å². The Balaban J connectivity index is 2.13. The molecule has 124 valence electrons. The molecule has 1 aromatic carbocycles. The van der Waals surface area contributed by atoms with Gasteiger partial charge < -0.3 is 5.11 Å². The van der Waals surface area contributed by atoms with E-state index in [9.17, 15) is 9.90 Å². The number of hydrogen-bond donors (Lipinski definition) is 1. The Kier molecular flexibility index (Phi) is 4.55. The fourth-order valence-electron chi connectivity index (χ4n) is 2.88. The van der Waals surface area contributed by atoms with Crippen molar-refractivity contribution in [2.75, 3.05) is 6.54 Å². The van der Waals surface area contributed by atoms with E-state index < -0.39 is 0 Å². The number of aromatic nitrogens is 1. The zero-order valence-corrected chi connectivity index (χ0v) is 13.9. The predicted octanol–water partition coefficient (Wildman–Crippen LogP) is 3.71. The highest BCUT2D eigenvalue weighted by Gasteiger charge is 2.26. The third-order valence-corrected chi connectivity index (χ3v) is 4.26. The lowest BCUT2D eigenvalue weighted by atomic mass is 10.1. The SMILES string of the molecule is Cc1c(N=Nc2ccccc2)c(O)n(C)c(=O)c1[N+]1=CCCCC1. The molecule has 2 heterocycles. The van der Waals surface area contributed by atoms with Crippen LogP contribution < -0.4 is 5.56 Å². The number of pyridine rings is 1. The van der Waals surface area contributed by atoms with Crippen molar-refractivity contribution in [3.05, 3.63) is 46.2 Å². The molecule has 24 heavy (non-hydrogen) atoms. The van der Waals surface area contributed by atoms with Crippen LogP contribution in [-0.4, -0.2) is 27.0 Å². The van der Waals surface area contributed by atoms with Gasteiger partial charge in [0.05, 0.1) is 11.3 Å². The molecule has 0 radical (unpaired) electrons. The van der Waals surface area contributed by atoms with Gasteiger partial charge in [-0.25, -0.2) is 0 Å². The van der Waals surface area contributed by atoms with E-state index in [1.165, 1.54) is 4.57 Å². The summed E-state index contributed by atoms with van der Waals surface area (Å²) in [6, 6.07) is 9.30. The van der Waals surface area contributed by atoms with Gasteiger partial charge in [0.15, 0.2) is 5.69 Å². The van der Waals surface area contributed by atoms with E-state index in [4.69, 9.17) is 0 Å². The summed E-state index contributed by atoms with van der Waals surface area (Å²) in [6.45, 7) is 2.61. The van der Waals surface area contributed by atoms with Gasteiger partial charge in [-0.05, 0) is 25.5 Å². The molecule has 1 aliphatic rings. The number of benzene rings is 1. The normalized spacial score (nSPS) is 14.8. The molecule has 1 aromatic heterocycles. The van der Waals surface area contributed by atoms with Crippen molar-refractivity contribution < 1.29 is 9.68 Å². The average Bonchev–Trinajstić information content (AvgIpc) is 2.62. The smallest absolute Gasteiger partial charge is 0.325 e. The fraction of sp³-hybridized carbons (Fsp3) is 0.333. The molecule has 0 saturated carbocycles. The van der Waals surface area contributed by atoms with Gasteiger partial charge in [0.1, 0.15) is 12.8 Å². The number of nitrogens with zero attached hydrogens (tertiary/aromatic N) is 4. The lowest BCUT2D eigenvalue weighted by Crippen LogP contribution is -2.26. The number of rotatable bonds is 3. The largest absolute Gasteiger partial charge is 0.493 e. The summed E-state index contributed by atoms with van der Waals surface area (Å²) < 4.78 is 3.20. The summed E-state index contributed by atoms with van der Waals surface area (Å²) in [5, 5.41) is 18.7. The van der Waals surface area contributed by atoms with Crippen LogP contribution in [-0.2, 0) is 7.05 Å². The van der Waals surface area contributed by atoms with Gasteiger partial charge in [-0.2, -0.15) is 9.69 Å². The van der Waals surface area contributed by atoms with Crippen molar-refractivity contribution in [3.63, 3.8) is 0 Å². The minimum atomic E-state index is -0.221. The first kappa shape index (κ1) is 16.1. The van der Waals surface area contributed by atoms with Gasteiger partial charge in [0.2, 0.25) is 5.88 Å². The highest BCUT2D eigenvalue weighted by Crippen LogP contribution is 2.34. The molecule has 3 rings (SSSR count).